The number of rotatable bonds is 5. The molecule has 0 aliphatic heterocycles. The van der Waals surface area contributed by atoms with Gasteiger partial charge in [0.1, 0.15) is 0 Å². The fraction of sp³-hybridized carbons (Fsp3) is 0.286. The van der Waals surface area contributed by atoms with Crippen LogP contribution in [-0.4, -0.2) is 18.4 Å². The molecule has 0 saturated carbocycles. The normalized spacial score (nSPS) is 11.4. The standard InChI is InChI=1S/C14H17N3O4S/c1-3-9-6-5-7-10(4-2)12(9)17-22(20,21)11-8-15-14(19)16-13(11)18/h5-8,17H,3-4H2,1-2H3,(H2,15,16,18,19). The van der Waals surface area contributed by atoms with E-state index in [1.54, 1.807) is 0 Å². The molecular formula is C14H17N3O4S. The molecule has 0 unspecified atom stereocenters. The molecular weight excluding hydrogens is 306 g/mol. The first kappa shape index (κ1) is 16.0. The number of anilines is 1. The van der Waals surface area contributed by atoms with Crippen LogP contribution in [0.2, 0.25) is 0 Å². The summed E-state index contributed by atoms with van der Waals surface area (Å²) in [6, 6.07) is 5.52. The van der Waals surface area contributed by atoms with E-state index in [0.29, 0.717) is 18.5 Å². The lowest BCUT2D eigenvalue weighted by Gasteiger charge is -2.15. The summed E-state index contributed by atoms with van der Waals surface area (Å²) in [5, 5.41) is 0. The van der Waals surface area contributed by atoms with Crippen molar-refractivity contribution in [3.05, 3.63) is 56.4 Å². The van der Waals surface area contributed by atoms with Gasteiger partial charge in [-0.05, 0) is 24.0 Å². The van der Waals surface area contributed by atoms with E-state index in [1.165, 1.54) is 0 Å². The van der Waals surface area contributed by atoms with Crippen molar-refractivity contribution >= 4 is 15.7 Å². The Labute approximate surface area is 127 Å². The van der Waals surface area contributed by atoms with Crippen molar-refractivity contribution in [2.45, 2.75) is 31.6 Å². The number of benzene rings is 1. The number of hydrogen-bond acceptors (Lipinski definition) is 4. The van der Waals surface area contributed by atoms with Gasteiger partial charge in [0.05, 0.1) is 5.69 Å². The second-order valence-corrected chi connectivity index (χ2v) is 6.35. The third-order valence-electron chi connectivity index (χ3n) is 3.31. The Hall–Kier alpha value is -2.35. The maximum absolute atomic E-state index is 12.4. The SMILES string of the molecule is CCc1cccc(CC)c1NS(=O)(=O)c1c[nH]c(=O)[nH]c1=O. The zero-order valence-corrected chi connectivity index (χ0v) is 13.1. The molecule has 2 aromatic rings. The maximum Gasteiger partial charge on any atom is 0.325 e. The number of aromatic amines is 2. The Morgan fingerprint density at radius 2 is 1.68 bits per heavy atom. The molecule has 0 aliphatic rings. The Morgan fingerprint density at radius 3 is 2.18 bits per heavy atom. The second kappa shape index (κ2) is 6.18. The van der Waals surface area contributed by atoms with Crippen LogP contribution in [0.15, 0.2) is 38.9 Å². The van der Waals surface area contributed by atoms with Crippen molar-refractivity contribution in [1.82, 2.24) is 9.97 Å². The smallest absolute Gasteiger partial charge is 0.313 e. The molecule has 3 N–H and O–H groups in total. The maximum atomic E-state index is 12.4. The van der Waals surface area contributed by atoms with Gasteiger partial charge in [0.15, 0.2) is 4.90 Å². The van der Waals surface area contributed by atoms with Gasteiger partial charge in [-0.2, -0.15) is 0 Å². The molecule has 0 amide bonds. The van der Waals surface area contributed by atoms with E-state index in [2.05, 4.69) is 9.71 Å². The van der Waals surface area contributed by atoms with Gasteiger partial charge in [-0.1, -0.05) is 32.0 Å². The molecule has 1 heterocycles. The largest absolute Gasteiger partial charge is 0.325 e. The van der Waals surface area contributed by atoms with Gasteiger partial charge in [0, 0.05) is 6.20 Å². The summed E-state index contributed by atoms with van der Waals surface area (Å²) in [7, 11) is -4.09. The van der Waals surface area contributed by atoms with Crippen LogP contribution in [0.3, 0.4) is 0 Å². The van der Waals surface area contributed by atoms with Crippen LogP contribution in [-0.2, 0) is 22.9 Å². The highest BCUT2D eigenvalue weighted by Crippen LogP contribution is 2.24. The molecule has 0 saturated heterocycles. The van der Waals surface area contributed by atoms with E-state index in [1.807, 2.05) is 37.0 Å². The topological polar surface area (TPSA) is 112 Å². The predicted molar refractivity (Wildman–Crippen MR) is 83.7 cm³/mol. The van der Waals surface area contributed by atoms with E-state index in [9.17, 15) is 18.0 Å². The van der Waals surface area contributed by atoms with Crippen molar-refractivity contribution in [1.29, 1.82) is 0 Å². The first-order valence-corrected chi connectivity index (χ1v) is 8.33. The monoisotopic (exact) mass is 323 g/mol. The van der Waals surface area contributed by atoms with Gasteiger partial charge in [-0.25, -0.2) is 13.2 Å². The minimum absolute atomic E-state index is 0.484. The summed E-state index contributed by atoms with van der Waals surface area (Å²) in [5.74, 6) is 0. The molecule has 0 radical (unpaired) electrons. The van der Waals surface area contributed by atoms with Crippen LogP contribution in [0.1, 0.15) is 25.0 Å². The Bertz CT molecular complexity index is 875. The van der Waals surface area contributed by atoms with Crippen LogP contribution in [0.25, 0.3) is 0 Å². The van der Waals surface area contributed by atoms with Crippen LogP contribution in [0.4, 0.5) is 5.69 Å². The molecule has 1 aromatic carbocycles. The third-order valence-corrected chi connectivity index (χ3v) is 4.67. The lowest BCUT2D eigenvalue weighted by Crippen LogP contribution is -2.29. The van der Waals surface area contributed by atoms with E-state index in [-0.39, 0.29) is 0 Å². The van der Waals surface area contributed by atoms with Gasteiger partial charge in [0.2, 0.25) is 0 Å². The van der Waals surface area contributed by atoms with Crippen LogP contribution < -0.4 is 16.0 Å². The van der Waals surface area contributed by atoms with Gasteiger partial charge < -0.3 is 4.98 Å². The minimum atomic E-state index is -4.09. The summed E-state index contributed by atoms with van der Waals surface area (Å²) in [6.45, 7) is 3.83. The van der Waals surface area contributed by atoms with Gasteiger partial charge >= 0.3 is 5.69 Å². The molecule has 0 fully saturated rings. The molecule has 8 heteroatoms. The quantitative estimate of drug-likeness (QED) is 0.761. The Morgan fingerprint density at radius 1 is 1.09 bits per heavy atom. The number of nitrogens with one attached hydrogen (secondary N) is 3. The lowest BCUT2D eigenvalue weighted by molar-refractivity contribution is 0.599. The number of H-pyrrole nitrogens is 2. The van der Waals surface area contributed by atoms with E-state index >= 15 is 0 Å². The van der Waals surface area contributed by atoms with Gasteiger partial charge in [-0.3, -0.25) is 14.5 Å². The number of hydrogen-bond donors (Lipinski definition) is 3. The van der Waals surface area contributed by atoms with Gasteiger partial charge in [-0.15, -0.1) is 0 Å². The second-order valence-electron chi connectivity index (χ2n) is 4.70. The fourth-order valence-corrected chi connectivity index (χ4v) is 3.31. The van der Waals surface area contributed by atoms with E-state index in [0.717, 1.165) is 17.3 Å². The zero-order chi connectivity index (χ0) is 16.3. The fourth-order valence-electron chi connectivity index (χ4n) is 2.16. The van der Waals surface area contributed by atoms with Gasteiger partial charge in [0.25, 0.3) is 15.6 Å². The average molecular weight is 323 g/mol. The molecule has 0 atom stereocenters. The third kappa shape index (κ3) is 3.11. The summed E-state index contributed by atoms with van der Waals surface area (Å²) in [4.78, 5) is 26.2. The highest BCUT2D eigenvalue weighted by atomic mass is 32.2. The number of sulfonamides is 1. The molecule has 118 valence electrons. The highest BCUT2D eigenvalue weighted by molar-refractivity contribution is 7.92. The van der Waals surface area contributed by atoms with Crippen LogP contribution >= 0.6 is 0 Å². The van der Waals surface area contributed by atoms with Crippen LogP contribution in [0.5, 0.6) is 0 Å². The summed E-state index contributed by atoms with van der Waals surface area (Å²) >= 11 is 0. The summed E-state index contributed by atoms with van der Waals surface area (Å²) in [5.41, 5.74) is 0.445. The summed E-state index contributed by atoms with van der Waals surface area (Å²) in [6.07, 6.45) is 2.19. The van der Waals surface area contributed by atoms with Crippen LogP contribution in [0, 0.1) is 0 Å². The molecule has 1 aromatic heterocycles. The highest BCUT2D eigenvalue weighted by Gasteiger charge is 2.21. The zero-order valence-electron chi connectivity index (χ0n) is 12.3. The number of aryl methyl sites for hydroxylation is 2. The molecule has 0 spiro atoms. The number of para-hydroxylation sites is 1. The Kier molecular flexibility index (Phi) is 4.51. The molecule has 0 bridgehead atoms. The minimum Gasteiger partial charge on any atom is -0.313 e. The predicted octanol–water partition coefficient (Wildman–Crippen LogP) is 0.989. The average Bonchev–Trinajstić information content (AvgIpc) is 2.46. The van der Waals surface area contributed by atoms with Crippen molar-refractivity contribution < 1.29 is 8.42 Å². The van der Waals surface area contributed by atoms with E-state index < -0.39 is 26.2 Å². The van der Waals surface area contributed by atoms with Crippen molar-refractivity contribution in [3.63, 3.8) is 0 Å². The van der Waals surface area contributed by atoms with Crippen molar-refractivity contribution in [2.75, 3.05) is 4.72 Å². The Balaban J connectivity index is 2.54. The van der Waals surface area contributed by atoms with Crippen molar-refractivity contribution in [3.8, 4) is 0 Å². The first-order valence-electron chi connectivity index (χ1n) is 6.84. The van der Waals surface area contributed by atoms with E-state index in [4.69, 9.17) is 0 Å². The number of aromatic nitrogens is 2. The lowest BCUT2D eigenvalue weighted by atomic mass is 10.0. The molecule has 7 nitrogen and oxygen atoms in total. The molecule has 2 rings (SSSR count). The molecule has 0 aliphatic carbocycles. The molecule has 22 heavy (non-hydrogen) atoms. The van der Waals surface area contributed by atoms with Crippen molar-refractivity contribution in [2.24, 2.45) is 0 Å². The summed E-state index contributed by atoms with van der Waals surface area (Å²) < 4.78 is 27.3. The first-order chi connectivity index (χ1) is 10.4.